The van der Waals surface area contributed by atoms with Crippen molar-refractivity contribution in [2.24, 2.45) is 11.1 Å². The molecular weight excluding hydrogens is 420 g/mol. The van der Waals surface area contributed by atoms with Crippen LogP contribution in [0.2, 0.25) is 0 Å². The number of nitrogens with zero attached hydrogens (tertiary/aromatic N) is 1. The minimum absolute atomic E-state index is 0.0911. The molecule has 0 radical (unpaired) electrons. The van der Waals surface area contributed by atoms with Crippen molar-refractivity contribution in [3.63, 3.8) is 0 Å². The number of anilines is 1. The van der Waals surface area contributed by atoms with Gasteiger partial charge in [0.2, 0.25) is 11.8 Å². The summed E-state index contributed by atoms with van der Waals surface area (Å²) in [6.45, 7) is 8.34. The van der Waals surface area contributed by atoms with Gasteiger partial charge in [-0.3, -0.25) is 9.59 Å². The molecule has 7 nitrogen and oxygen atoms in total. The molecule has 0 saturated carbocycles. The molecule has 1 atom stereocenters. The highest BCUT2D eigenvalue weighted by Crippen LogP contribution is 2.57. The van der Waals surface area contributed by atoms with Gasteiger partial charge in [-0.1, -0.05) is 51.8 Å². The number of carbonyl (C=O) groups excluding carboxylic acids is 3. The summed E-state index contributed by atoms with van der Waals surface area (Å²) in [7, 11) is 0. The molecule has 1 aromatic rings. The van der Waals surface area contributed by atoms with Crippen LogP contribution in [0.25, 0.3) is 0 Å². The van der Waals surface area contributed by atoms with E-state index in [1.807, 2.05) is 38.1 Å². The van der Waals surface area contributed by atoms with E-state index in [2.05, 4.69) is 6.92 Å². The molecule has 1 aliphatic carbocycles. The topological polar surface area (TPSA) is 98.9 Å². The summed E-state index contributed by atoms with van der Waals surface area (Å²) in [5.74, 6) is -1.07. The maximum atomic E-state index is 14.3. The largest absolute Gasteiger partial charge is 0.462 e. The Labute approximate surface area is 194 Å². The average molecular weight is 453 g/mol. The zero-order chi connectivity index (χ0) is 24.0. The number of esters is 1. The number of Topliss-reactive ketones (excluding diaryl/α,β-unsaturated/α-hetero) is 1. The molecule has 176 valence electrons. The van der Waals surface area contributed by atoms with Gasteiger partial charge in [0.05, 0.1) is 12.2 Å². The standard InChI is InChI=1S/C26H32N2O5/c1-5-7-10-13-28-17-12-9-8-11-16(17)26(24(28)31)20-18(29)14-25(3,4)15-19(20)33-22(27)21(26)23(30)32-6-2/h8-9,11-12H,5-7,10,13-15,27H2,1-4H3/t26-/m0/s1. The van der Waals surface area contributed by atoms with Crippen LogP contribution in [-0.2, 0) is 29.3 Å². The second kappa shape index (κ2) is 8.36. The van der Waals surface area contributed by atoms with Crippen LogP contribution in [0.15, 0.2) is 47.1 Å². The van der Waals surface area contributed by atoms with E-state index in [1.54, 1.807) is 11.8 Å². The Balaban J connectivity index is 2.01. The van der Waals surface area contributed by atoms with Gasteiger partial charge < -0.3 is 20.1 Å². The first kappa shape index (κ1) is 23.1. The molecule has 0 bridgehead atoms. The summed E-state index contributed by atoms with van der Waals surface area (Å²) < 4.78 is 11.2. The second-order valence-corrected chi connectivity index (χ2v) is 9.73. The van der Waals surface area contributed by atoms with Gasteiger partial charge in [-0.25, -0.2) is 4.79 Å². The minimum Gasteiger partial charge on any atom is -0.462 e. The molecule has 1 spiro atoms. The van der Waals surface area contributed by atoms with E-state index in [0.29, 0.717) is 30.0 Å². The number of ether oxygens (including phenoxy) is 2. The van der Waals surface area contributed by atoms with Crippen molar-refractivity contribution < 1.29 is 23.9 Å². The Morgan fingerprint density at radius 1 is 1.15 bits per heavy atom. The predicted octanol–water partition coefficient (Wildman–Crippen LogP) is 3.87. The Hall–Kier alpha value is -3.09. The first-order valence-electron chi connectivity index (χ1n) is 11.7. The van der Waals surface area contributed by atoms with Crippen molar-refractivity contribution in [3.8, 4) is 0 Å². The molecule has 0 saturated heterocycles. The van der Waals surface area contributed by atoms with Gasteiger partial charge in [-0.05, 0) is 24.8 Å². The number of fused-ring (bicyclic) bond motifs is 3. The van der Waals surface area contributed by atoms with Gasteiger partial charge in [0, 0.05) is 30.6 Å². The van der Waals surface area contributed by atoms with Crippen molar-refractivity contribution in [1.82, 2.24) is 0 Å². The molecule has 0 fully saturated rings. The summed E-state index contributed by atoms with van der Waals surface area (Å²) >= 11 is 0. The number of para-hydroxylation sites is 1. The lowest BCUT2D eigenvalue weighted by Crippen LogP contribution is -2.52. The van der Waals surface area contributed by atoms with E-state index in [9.17, 15) is 14.4 Å². The van der Waals surface area contributed by atoms with Crippen LogP contribution in [0.3, 0.4) is 0 Å². The molecule has 33 heavy (non-hydrogen) atoms. The summed E-state index contributed by atoms with van der Waals surface area (Å²) in [4.78, 5) is 42.9. The van der Waals surface area contributed by atoms with E-state index in [0.717, 1.165) is 19.3 Å². The number of unbranched alkanes of at least 4 members (excludes halogenated alkanes) is 2. The molecular formula is C26H32N2O5. The molecule has 1 amide bonds. The summed E-state index contributed by atoms with van der Waals surface area (Å²) in [6, 6.07) is 7.34. The SMILES string of the molecule is CCCCCN1C(=O)[C@@]2(C(C(=O)OCC)=C(N)OC3=C2C(=O)CC(C)(C)C3)c2ccccc21. The predicted molar refractivity (Wildman–Crippen MR) is 124 cm³/mol. The van der Waals surface area contributed by atoms with Crippen molar-refractivity contribution in [3.05, 3.63) is 52.6 Å². The Morgan fingerprint density at radius 2 is 1.88 bits per heavy atom. The Bertz CT molecular complexity index is 1080. The highest BCUT2D eigenvalue weighted by atomic mass is 16.5. The first-order chi connectivity index (χ1) is 15.7. The van der Waals surface area contributed by atoms with Crippen molar-refractivity contribution >= 4 is 23.3 Å². The molecule has 2 heterocycles. The fraction of sp³-hybridized carbons (Fsp3) is 0.500. The smallest absolute Gasteiger partial charge is 0.341 e. The molecule has 2 aliphatic heterocycles. The lowest BCUT2D eigenvalue weighted by atomic mass is 9.62. The van der Waals surface area contributed by atoms with Crippen LogP contribution in [0, 0.1) is 5.41 Å². The third-order valence-corrected chi connectivity index (χ3v) is 6.70. The molecule has 1 aromatic carbocycles. The zero-order valence-corrected chi connectivity index (χ0v) is 19.8. The highest BCUT2D eigenvalue weighted by molar-refractivity contribution is 6.23. The second-order valence-electron chi connectivity index (χ2n) is 9.73. The lowest BCUT2D eigenvalue weighted by Gasteiger charge is -2.42. The number of hydrogen-bond donors (Lipinski definition) is 1. The number of carbonyl (C=O) groups is 3. The molecule has 3 aliphatic rings. The lowest BCUT2D eigenvalue weighted by molar-refractivity contribution is -0.141. The summed E-state index contributed by atoms with van der Waals surface area (Å²) in [5.41, 5.74) is 5.75. The summed E-state index contributed by atoms with van der Waals surface area (Å²) in [6.07, 6.45) is 3.47. The molecule has 4 rings (SSSR count). The van der Waals surface area contributed by atoms with E-state index >= 15 is 0 Å². The highest BCUT2D eigenvalue weighted by Gasteiger charge is 2.64. The number of rotatable bonds is 6. The number of nitrogens with two attached hydrogens (primary N) is 1. The maximum absolute atomic E-state index is 14.3. The van der Waals surface area contributed by atoms with Gasteiger partial charge in [0.15, 0.2) is 5.78 Å². The number of hydrogen-bond acceptors (Lipinski definition) is 6. The number of benzene rings is 1. The number of allylic oxidation sites excluding steroid dienone is 1. The van der Waals surface area contributed by atoms with Crippen molar-refractivity contribution in [2.45, 2.75) is 65.2 Å². The number of ketones is 1. The van der Waals surface area contributed by atoms with Crippen LogP contribution in [-0.4, -0.2) is 30.8 Å². The van der Waals surface area contributed by atoms with Gasteiger partial charge >= 0.3 is 5.97 Å². The quantitative estimate of drug-likeness (QED) is 0.520. The zero-order valence-electron chi connectivity index (χ0n) is 19.8. The average Bonchev–Trinajstić information content (AvgIpc) is 2.96. The van der Waals surface area contributed by atoms with Gasteiger partial charge in [0.1, 0.15) is 16.7 Å². The van der Waals surface area contributed by atoms with Crippen LogP contribution >= 0.6 is 0 Å². The molecule has 7 heteroatoms. The number of amides is 1. The van der Waals surface area contributed by atoms with Gasteiger partial charge in [-0.2, -0.15) is 0 Å². The van der Waals surface area contributed by atoms with Crippen LogP contribution in [0.4, 0.5) is 5.69 Å². The van der Waals surface area contributed by atoms with Gasteiger partial charge in [0.25, 0.3) is 0 Å². The Kier molecular flexibility index (Phi) is 5.85. The van der Waals surface area contributed by atoms with E-state index in [1.165, 1.54) is 0 Å². The van der Waals surface area contributed by atoms with Crippen LogP contribution < -0.4 is 10.6 Å². The minimum atomic E-state index is -1.65. The fourth-order valence-electron chi connectivity index (χ4n) is 5.40. The van der Waals surface area contributed by atoms with Gasteiger partial charge in [-0.15, -0.1) is 0 Å². The molecule has 0 unspecified atom stereocenters. The third kappa shape index (κ3) is 3.45. The Morgan fingerprint density at radius 3 is 2.58 bits per heavy atom. The molecule has 2 N–H and O–H groups in total. The van der Waals surface area contributed by atoms with Crippen molar-refractivity contribution in [2.75, 3.05) is 18.1 Å². The maximum Gasteiger partial charge on any atom is 0.341 e. The summed E-state index contributed by atoms with van der Waals surface area (Å²) in [5, 5.41) is 0. The first-order valence-corrected chi connectivity index (χ1v) is 11.7. The van der Waals surface area contributed by atoms with Crippen LogP contribution in [0.5, 0.6) is 0 Å². The van der Waals surface area contributed by atoms with Crippen LogP contribution in [0.1, 0.15) is 65.4 Å². The van der Waals surface area contributed by atoms with Crippen molar-refractivity contribution in [1.29, 1.82) is 0 Å². The fourth-order valence-corrected chi connectivity index (χ4v) is 5.40. The molecule has 0 aromatic heterocycles. The van der Waals surface area contributed by atoms with E-state index in [4.69, 9.17) is 15.2 Å². The monoisotopic (exact) mass is 452 g/mol. The van der Waals surface area contributed by atoms with E-state index < -0.39 is 11.4 Å². The normalized spacial score (nSPS) is 23.6. The third-order valence-electron chi connectivity index (χ3n) is 6.70. The van der Waals surface area contributed by atoms with E-state index in [-0.39, 0.29) is 47.2 Å².